The standard InChI is InChI=1S/C11H14N2O6/c14-5-3-12(4-6-15)11(17)9-7-8(16)1-2-10(9)13(18)19/h1-2,7,14-16H,3-6H2. The Hall–Kier alpha value is -2.19. The molecule has 0 saturated heterocycles. The van der Waals surface area contributed by atoms with Gasteiger partial charge in [0.15, 0.2) is 0 Å². The van der Waals surface area contributed by atoms with E-state index in [1.165, 1.54) is 0 Å². The largest absolute Gasteiger partial charge is 0.508 e. The highest BCUT2D eigenvalue weighted by molar-refractivity contribution is 5.98. The molecule has 0 radical (unpaired) electrons. The van der Waals surface area contributed by atoms with Crippen molar-refractivity contribution >= 4 is 11.6 Å². The second-order valence-electron chi connectivity index (χ2n) is 3.70. The van der Waals surface area contributed by atoms with Crippen molar-refractivity contribution in [1.29, 1.82) is 0 Å². The van der Waals surface area contributed by atoms with Crippen molar-refractivity contribution in [2.75, 3.05) is 26.3 Å². The molecule has 1 amide bonds. The number of nitro groups is 1. The lowest BCUT2D eigenvalue weighted by atomic mass is 10.1. The number of nitrogens with zero attached hydrogens (tertiary/aromatic N) is 2. The molecule has 0 unspecified atom stereocenters. The number of aromatic hydroxyl groups is 1. The van der Waals surface area contributed by atoms with Gasteiger partial charge >= 0.3 is 0 Å². The highest BCUT2D eigenvalue weighted by Gasteiger charge is 2.24. The van der Waals surface area contributed by atoms with Crippen LogP contribution in [-0.4, -0.2) is 57.4 Å². The first-order valence-electron chi connectivity index (χ1n) is 5.49. The molecule has 104 valence electrons. The summed E-state index contributed by atoms with van der Waals surface area (Å²) in [5.74, 6) is -1.01. The summed E-state index contributed by atoms with van der Waals surface area (Å²) in [6.07, 6.45) is 0. The second kappa shape index (κ2) is 6.66. The highest BCUT2D eigenvalue weighted by Crippen LogP contribution is 2.24. The number of aliphatic hydroxyl groups is 2. The first-order chi connectivity index (χ1) is 9.01. The minimum Gasteiger partial charge on any atom is -0.508 e. The van der Waals surface area contributed by atoms with Gasteiger partial charge in [-0.25, -0.2) is 0 Å². The molecular weight excluding hydrogens is 256 g/mol. The molecular formula is C11H14N2O6. The number of aliphatic hydroxyl groups excluding tert-OH is 2. The predicted molar refractivity (Wildman–Crippen MR) is 64.8 cm³/mol. The average molecular weight is 270 g/mol. The van der Waals surface area contributed by atoms with Gasteiger partial charge in [-0.1, -0.05) is 0 Å². The van der Waals surface area contributed by atoms with Gasteiger partial charge in [0.1, 0.15) is 11.3 Å². The zero-order valence-electron chi connectivity index (χ0n) is 10.0. The molecule has 0 aliphatic heterocycles. The molecule has 0 saturated carbocycles. The summed E-state index contributed by atoms with van der Waals surface area (Å²) in [6, 6.07) is 3.12. The molecule has 1 rings (SSSR count). The van der Waals surface area contributed by atoms with Crippen molar-refractivity contribution < 1.29 is 25.0 Å². The lowest BCUT2D eigenvalue weighted by Gasteiger charge is -2.20. The number of nitro benzene ring substituents is 1. The molecule has 0 atom stereocenters. The molecule has 0 heterocycles. The van der Waals surface area contributed by atoms with E-state index in [1.54, 1.807) is 0 Å². The van der Waals surface area contributed by atoms with Crippen molar-refractivity contribution in [3.05, 3.63) is 33.9 Å². The van der Waals surface area contributed by atoms with Crippen LogP contribution < -0.4 is 0 Å². The quantitative estimate of drug-likeness (QED) is 0.482. The zero-order valence-corrected chi connectivity index (χ0v) is 10.0. The number of hydrogen-bond acceptors (Lipinski definition) is 6. The topological polar surface area (TPSA) is 124 Å². The van der Waals surface area contributed by atoms with Crippen LogP contribution in [0.1, 0.15) is 10.4 Å². The molecule has 0 aromatic heterocycles. The van der Waals surface area contributed by atoms with Crippen LogP contribution in [0, 0.1) is 10.1 Å². The van der Waals surface area contributed by atoms with Gasteiger partial charge in [0.2, 0.25) is 0 Å². The Morgan fingerprint density at radius 2 is 1.84 bits per heavy atom. The van der Waals surface area contributed by atoms with Gasteiger partial charge in [0.25, 0.3) is 11.6 Å². The second-order valence-corrected chi connectivity index (χ2v) is 3.70. The molecule has 0 aliphatic rings. The Bertz CT molecular complexity index is 470. The molecule has 19 heavy (non-hydrogen) atoms. The molecule has 1 aromatic rings. The van der Waals surface area contributed by atoms with Crippen LogP contribution >= 0.6 is 0 Å². The minimum absolute atomic E-state index is 0.0633. The van der Waals surface area contributed by atoms with Crippen LogP contribution in [-0.2, 0) is 0 Å². The van der Waals surface area contributed by atoms with Crippen LogP contribution in [0.4, 0.5) is 5.69 Å². The molecule has 8 nitrogen and oxygen atoms in total. The number of carbonyl (C=O) groups is 1. The van der Waals surface area contributed by atoms with E-state index >= 15 is 0 Å². The van der Waals surface area contributed by atoms with Crippen molar-refractivity contribution in [1.82, 2.24) is 4.90 Å². The first kappa shape index (κ1) is 14.9. The lowest BCUT2D eigenvalue weighted by Crippen LogP contribution is -2.36. The van der Waals surface area contributed by atoms with E-state index in [9.17, 15) is 20.0 Å². The zero-order chi connectivity index (χ0) is 14.4. The Kier molecular flexibility index (Phi) is 5.22. The van der Waals surface area contributed by atoms with Gasteiger partial charge in [-0.2, -0.15) is 0 Å². The van der Waals surface area contributed by atoms with Crippen molar-refractivity contribution in [2.45, 2.75) is 0 Å². The van der Waals surface area contributed by atoms with Crippen LogP contribution in [0.5, 0.6) is 5.75 Å². The highest BCUT2D eigenvalue weighted by atomic mass is 16.6. The van der Waals surface area contributed by atoms with E-state index in [1.807, 2.05) is 0 Å². The maximum absolute atomic E-state index is 12.1. The fourth-order valence-corrected chi connectivity index (χ4v) is 1.58. The van der Waals surface area contributed by atoms with Gasteiger partial charge in [-0.3, -0.25) is 14.9 Å². The summed E-state index contributed by atoms with van der Waals surface area (Å²) >= 11 is 0. The summed E-state index contributed by atoms with van der Waals surface area (Å²) in [7, 11) is 0. The summed E-state index contributed by atoms with van der Waals surface area (Å²) in [5, 5.41) is 37.8. The Morgan fingerprint density at radius 1 is 1.26 bits per heavy atom. The third kappa shape index (κ3) is 3.63. The summed E-state index contributed by atoms with van der Waals surface area (Å²) in [4.78, 5) is 23.3. The third-order valence-corrected chi connectivity index (χ3v) is 2.43. The van der Waals surface area contributed by atoms with Crippen LogP contribution in [0.25, 0.3) is 0 Å². The van der Waals surface area contributed by atoms with Crippen molar-refractivity contribution in [2.24, 2.45) is 0 Å². The van der Waals surface area contributed by atoms with Gasteiger partial charge < -0.3 is 20.2 Å². The average Bonchev–Trinajstić information content (AvgIpc) is 2.37. The fourth-order valence-electron chi connectivity index (χ4n) is 1.58. The first-order valence-corrected chi connectivity index (χ1v) is 5.49. The SMILES string of the molecule is O=C(c1cc(O)ccc1[N+](=O)[O-])N(CCO)CCO. The summed E-state index contributed by atoms with van der Waals surface area (Å²) in [5.41, 5.74) is -0.726. The van der Waals surface area contributed by atoms with E-state index in [-0.39, 0.29) is 37.6 Å². The third-order valence-electron chi connectivity index (χ3n) is 2.43. The fraction of sp³-hybridized carbons (Fsp3) is 0.364. The summed E-state index contributed by atoms with van der Waals surface area (Å²) in [6.45, 7) is -0.797. The van der Waals surface area contributed by atoms with Crippen LogP contribution in [0.2, 0.25) is 0 Å². The number of carbonyl (C=O) groups excluding carboxylic acids is 1. The molecule has 0 aliphatic carbocycles. The van der Waals surface area contributed by atoms with E-state index in [4.69, 9.17) is 10.2 Å². The number of hydrogen-bond donors (Lipinski definition) is 3. The number of rotatable bonds is 6. The number of phenols is 1. The lowest BCUT2D eigenvalue weighted by molar-refractivity contribution is -0.385. The monoisotopic (exact) mass is 270 g/mol. The van der Waals surface area contributed by atoms with Crippen LogP contribution in [0.15, 0.2) is 18.2 Å². The van der Waals surface area contributed by atoms with E-state index < -0.39 is 16.5 Å². The summed E-state index contributed by atoms with van der Waals surface area (Å²) < 4.78 is 0. The molecule has 1 aromatic carbocycles. The Labute approximate surface area is 108 Å². The number of amides is 1. The molecule has 8 heteroatoms. The van der Waals surface area contributed by atoms with E-state index in [2.05, 4.69) is 0 Å². The number of benzene rings is 1. The maximum Gasteiger partial charge on any atom is 0.282 e. The van der Waals surface area contributed by atoms with Gasteiger partial charge in [-0.05, 0) is 12.1 Å². The number of phenolic OH excluding ortho intramolecular Hbond substituents is 1. The molecule has 3 N–H and O–H groups in total. The van der Waals surface area contributed by atoms with Crippen molar-refractivity contribution in [3.8, 4) is 5.75 Å². The van der Waals surface area contributed by atoms with Gasteiger partial charge in [-0.15, -0.1) is 0 Å². The van der Waals surface area contributed by atoms with Crippen LogP contribution in [0.3, 0.4) is 0 Å². The van der Waals surface area contributed by atoms with E-state index in [0.29, 0.717) is 0 Å². The Morgan fingerprint density at radius 3 is 2.32 bits per heavy atom. The van der Waals surface area contributed by atoms with Gasteiger partial charge in [0.05, 0.1) is 18.1 Å². The molecule has 0 fully saturated rings. The minimum atomic E-state index is -0.733. The molecule has 0 bridgehead atoms. The predicted octanol–water partition coefficient (Wildman–Crippen LogP) is -0.273. The normalized spacial score (nSPS) is 10.2. The van der Waals surface area contributed by atoms with E-state index in [0.717, 1.165) is 23.1 Å². The molecule has 0 spiro atoms. The maximum atomic E-state index is 12.1. The smallest absolute Gasteiger partial charge is 0.282 e. The van der Waals surface area contributed by atoms with Gasteiger partial charge in [0, 0.05) is 19.2 Å². The van der Waals surface area contributed by atoms with Crippen molar-refractivity contribution in [3.63, 3.8) is 0 Å². The Balaban J connectivity index is 3.15.